The zero-order valence-electron chi connectivity index (χ0n) is 10.1. The Labute approximate surface area is 112 Å². The molecular formula is C14H10F3NO2. The summed E-state index contributed by atoms with van der Waals surface area (Å²) in [6.45, 7) is 0. The molecular weight excluding hydrogens is 271 g/mol. The highest BCUT2D eigenvalue weighted by Crippen LogP contribution is 2.32. The number of para-hydroxylation sites is 1. The molecule has 0 aliphatic heterocycles. The summed E-state index contributed by atoms with van der Waals surface area (Å²) in [6.07, 6.45) is -4.57. The van der Waals surface area contributed by atoms with Crippen molar-refractivity contribution in [1.82, 2.24) is 0 Å². The Morgan fingerprint density at radius 2 is 1.70 bits per heavy atom. The van der Waals surface area contributed by atoms with Crippen molar-refractivity contribution >= 4 is 17.3 Å². The lowest BCUT2D eigenvalue weighted by molar-refractivity contribution is -0.137. The van der Waals surface area contributed by atoms with Gasteiger partial charge in [0.1, 0.15) is 0 Å². The Balaban J connectivity index is 2.41. The molecule has 3 nitrogen and oxygen atoms in total. The van der Waals surface area contributed by atoms with Gasteiger partial charge < -0.3 is 10.4 Å². The summed E-state index contributed by atoms with van der Waals surface area (Å²) in [5.41, 5.74) is -0.719. The first-order valence-corrected chi connectivity index (χ1v) is 5.64. The first-order valence-electron chi connectivity index (χ1n) is 5.64. The molecule has 0 aromatic heterocycles. The maximum absolute atomic E-state index is 12.6. The van der Waals surface area contributed by atoms with E-state index >= 15 is 0 Å². The van der Waals surface area contributed by atoms with Crippen LogP contribution in [0.4, 0.5) is 24.5 Å². The highest BCUT2D eigenvalue weighted by molar-refractivity contribution is 5.95. The van der Waals surface area contributed by atoms with Gasteiger partial charge in [-0.3, -0.25) is 0 Å². The molecule has 0 heterocycles. The van der Waals surface area contributed by atoms with Crippen molar-refractivity contribution in [1.29, 1.82) is 0 Å². The third-order valence-electron chi connectivity index (χ3n) is 2.63. The van der Waals surface area contributed by atoms with E-state index in [9.17, 15) is 18.0 Å². The molecule has 0 saturated heterocycles. The minimum Gasteiger partial charge on any atom is -0.478 e. The van der Waals surface area contributed by atoms with E-state index in [0.29, 0.717) is 11.8 Å². The molecule has 0 radical (unpaired) electrons. The highest BCUT2D eigenvalue weighted by Gasteiger charge is 2.31. The predicted octanol–water partition coefficient (Wildman–Crippen LogP) is 4.15. The molecule has 0 spiro atoms. The van der Waals surface area contributed by atoms with Crippen LogP contribution >= 0.6 is 0 Å². The number of carbonyl (C=O) groups is 1. The summed E-state index contributed by atoms with van der Waals surface area (Å²) in [6, 6.07) is 11.2. The molecule has 0 aliphatic carbocycles. The molecule has 6 heteroatoms. The second-order valence-corrected chi connectivity index (χ2v) is 4.05. The zero-order chi connectivity index (χ0) is 14.8. The van der Waals surface area contributed by atoms with Crippen LogP contribution in [0.5, 0.6) is 0 Å². The number of hydrogen-bond donors (Lipinski definition) is 2. The molecule has 2 rings (SSSR count). The fourth-order valence-electron chi connectivity index (χ4n) is 1.68. The largest absolute Gasteiger partial charge is 0.478 e. The van der Waals surface area contributed by atoms with E-state index in [4.69, 9.17) is 5.11 Å². The summed E-state index contributed by atoms with van der Waals surface area (Å²) in [4.78, 5) is 11.1. The monoisotopic (exact) mass is 281 g/mol. The van der Waals surface area contributed by atoms with Gasteiger partial charge >= 0.3 is 12.1 Å². The van der Waals surface area contributed by atoms with E-state index in [2.05, 4.69) is 5.32 Å². The molecule has 2 aromatic carbocycles. The maximum Gasteiger partial charge on any atom is 0.416 e. The van der Waals surface area contributed by atoms with Gasteiger partial charge in [0.15, 0.2) is 0 Å². The first-order chi connectivity index (χ1) is 9.38. The van der Waals surface area contributed by atoms with E-state index in [1.54, 1.807) is 30.3 Å². The Bertz CT molecular complexity index is 624. The van der Waals surface area contributed by atoms with Crippen LogP contribution in [0.15, 0.2) is 48.5 Å². The topological polar surface area (TPSA) is 49.3 Å². The van der Waals surface area contributed by atoms with E-state index in [1.165, 1.54) is 0 Å². The molecule has 0 amide bonds. The van der Waals surface area contributed by atoms with Crippen molar-refractivity contribution in [3.05, 3.63) is 59.7 Å². The normalized spacial score (nSPS) is 11.2. The molecule has 2 N–H and O–H groups in total. The molecule has 0 fully saturated rings. The molecule has 0 unspecified atom stereocenters. The van der Waals surface area contributed by atoms with Crippen LogP contribution in [-0.2, 0) is 6.18 Å². The number of nitrogens with one attached hydrogen (secondary N) is 1. The quantitative estimate of drug-likeness (QED) is 0.888. The fraction of sp³-hybridized carbons (Fsp3) is 0.0714. The van der Waals surface area contributed by atoms with Gasteiger partial charge in [0.2, 0.25) is 0 Å². The number of hydrogen-bond acceptors (Lipinski definition) is 2. The Hall–Kier alpha value is -2.50. The van der Waals surface area contributed by atoms with Gasteiger partial charge in [0.25, 0.3) is 0 Å². The second kappa shape index (κ2) is 5.24. The average molecular weight is 281 g/mol. The number of alkyl halides is 3. The van der Waals surface area contributed by atoms with E-state index in [-0.39, 0.29) is 5.69 Å². The zero-order valence-corrected chi connectivity index (χ0v) is 10.1. The van der Waals surface area contributed by atoms with Crippen LogP contribution in [0, 0.1) is 0 Å². The van der Waals surface area contributed by atoms with Crippen LogP contribution in [-0.4, -0.2) is 11.1 Å². The van der Waals surface area contributed by atoms with Crippen LogP contribution in [0.3, 0.4) is 0 Å². The number of carboxylic acids is 1. The standard InChI is InChI=1S/C14H10F3NO2/c15-14(16,17)9-6-7-12(11(8-9)13(19)20)18-10-4-2-1-3-5-10/h1-8,18H,(H,19,20). The number of carboxylic acid groups (broad SMARTS) is 1. The van der Waals surface area contributed by atoms with Gasteiger partial charge in [-0.05, 0) is 30.3 Å². The van der Waals surface area contributed by atoms with Gasteiger partial charge in [-0.15, -0.1) is 0 Å². The van der Waals surface area contributed by atoms with E-state index < -0.39 is 23.3 Å². The lowest BCUT2D eigenvalue weighted by Crippen LogP contribution is -2.09. The highest BCUT2D eigenvalue weighted by atomic mass is 19.4. The van der Waals surface area contributed by atoms with Gasteiger partial charge in [-0.1, -0.05) is 18.2 Å². The van der Waals surface area contributed by atoms with Gasteiger partial charge in [-0.2, -0.15) is 13.2 Å². The lowest BCUT2D eigenvalue weighted by Gasteiger charge is -2.12. The molecule has 104 valence electrons. The van der Waals surface area contributed by atoms with E-state index in [0.717, 1.165) is 12.1 Å². The number of benzene rings is 2. The molecule has 20 heavy (non-hydrogen) atoms. The van der Waals surface area contributed by atoms with Crippen molar-refractivity contribution in [2.45, 2.75) is 6.18 Å². The average Bonchev–Trinajstić information content (AvgIpc) is 2.38. The maximum atomic E-state index is 12.6. The van der Waals surface area contributed by atoms with Gasteiger partial charge in [0, 0.05) is 5.69 Å². The summed E-state index contributed by atoms with van der Waals surface area (Å²) in [5.74, 6) is -1.42. The molecule has 0 bridgehead atoms. The van der Waals surface area contributed by atoms with Crippen molar-refractivity contribution in [2.24, 2.45) is 0 Å². The SMILES string of the molecule is O=C(O)c1cc(C(F)(F)F)ccc1Nc1ccccc1. The van der Waals surface area contributed by atoms with Crippen LogP contribution in [0.2, 0.25) is 0 Å². The lowest BCUT2D eigenvalue weighted by atomic mass is 10.1. The smallest absolute Gasteiger partial charge is 0.416 e. The van der Waals surface area contributed by atoms with Gasteiger partial charge in [0.05, 0.1) is 16.8 Å². The molecule has 2 aromatic rings. The van der Waals surface area contributed by atoms with Crippen LogP contribution in [0.1, 0.15) is 15.9 Å². The first kappa shape index (κ1) is 13.9. The van der Waals surface area contributed by atoms with Crippen molar-refractivity contribution in [2.75, 3.05) is 5.32 Å². The van der Waals surface area contributed by atoms with Crippen LogP contribution < -0.4 is 5.32 Å². The summed E-state index contributed by atoms with van der Waals surface area (Å²) >= 11 is 0. The molecule has 0 aliphatic rings. The summed E-state index contributed by atoms with van der Waals surface area (Å²) in [7, 11) is 0. The Kier molecular flexibility index (Phi) is 3.65. The van der Waals surface area contributed by atoms with Crippen molar-refractivity contribution in [3.8, 4) is 0 Å². The van der Waals surface area contributed by atoms with E-state index in [1.807, 2.05) is 0 Å². The van der Waals surface area contributed by atoms with Crippen molar-refractivity contribution in [3.63, 3.8) is 0 Å². The molecule has 0 atom stereocenters. The third-order valence-corrected chi connectivity index (χ3v) is 2.63. The number of anilines is 2. The predicted molar refractivity (Wildman–Crippen MR) is 68.1 cm³/mol. The van der Waals surface area contributed by atoms with Crippen LogP contribution in [0.25, 0.3) is 0 Å². The summed E-state index contributed by atoms with van der Waals surface area (Å²) < 4.78 is 37.7. The Morgan fingerprint density at radius 3 is 2.25 bits per heavy atom. The Morgan fingerprint density at radius 1 is 1.05 bits per heavy atom. The summed E-state index contributed by atoms with van der Waals surface area (Å²) in [5, 5.41) is 11.8. The minimum absolute atomic E-state index is 0.108. The number of aromatic carboxylic acids is 1. The van der Waals surface area contributed by atoms with Gasteiger partial charge in [-0.25, -0.2) is 4.79 Å². The third kappa shape index (κ3) is 3.09. The second-order valence-electron chi connectivity index (χ2n) is 4.05. The fourth-order valence-corrected chi connectivity index (χ4v) is 1.68. The number of rotatable bonds is 3. The van der Waals surface area contributed by atoms with Crippen molar-refractivity contribution < 1.29 is 23.1 Å². The minimum atomic E-state index is -4.57. The molecule has 0 saturated carbocycles. The number of halogens is 3.